The number of piperidine rings is 1. The Morgan fingerprint density at radius 3 is 2.66 bits per heavy atom. The molecule has 1 N–H and O–H groups in total. The Kier molecular flexibility index (Phi) is 6.92. The first-order chi connectivity index (χ1) is 15.5. The number of nitrogens with one attached hydrogen (secondary N) is 1. The molecule has 0 bridgehead atoms. The van der Waals surface area contributed by atoms with Crippen molar-refractivity contribution in [1.29, 1.82) is 0 Å². The van der Waals surface area contributed by atoms with Gasteiger partial charge in [0.05, 0.1) is 11.6 Å². The minimum atomic E-state index is -0.295. The van der Waals surface area contributed by atoms with Crippen molar-refractivity contribution in [3.63, 3.8) is 0 Å². The number of benzene rings is 1. The summed E-state index contributed by atoms with van der Waals surface area (Å²) in [6.07, 6.45) is 7.35. The molecule has 0 saturated carbocycles. The fourth-order valence-electron chi connectivity index (χ4n) is 4.84. The van der Waals surface area contributed by atoms with Gasteiger partial charge >= 0.3 is 0 Å². The van der Waals surface area contributed by atoms with Gasteiger partial charge in [0.15, 0.2) is 5.69 Å². The fraction of sp³-hybridized carbons (Fsp3) is 0.560. The highest BCUT2D eigenvalue weighted by Crippen LogP contribution is 2.30. The third-order valence-corrected chi connectivity index (χ3v) is 6.80. The maximum Gasteiger partial charge on any atom is 0.274 e. The summed E-state index contributed by atoms with van der Waals surface area (Å²) < 4.78 is 15.2. The average Bonchev–Trinajstić information content (AvgIpc) is 3.19. The van der Waals surface area contributed by atoms with Crippen LogP contribution in [-0.2, 0) is 17.6 Å². The highest BCUT2D eigenvalue weighted by Gasteiger charge is 2.36. The molecule has 2 amide bonds. The lowest BCUT2D eigenvalue weighted by Gasteiger charge is -2.37. The van der Waals surface area contributed by atoms with E-state index in [4.69, 9.17) is 5.10 Å². The molecule has 0 radical (unpaired) electrons. The molecule has 1 aliphatic carbocycles. The summed E-state index contributed by atoms with van der Waals surface area (Å²) in [6, 6.07) is 6.30. The summed E-state index contributed by atoms with van der Waals surface area (Å²) in [5, 5.41) is 7.75. The minimum absolute atomic E-state index is 0.0435. The first-order valence-electron chi connectivity index (χ1n) is 11.9. The van der Waals surface area contributed by atoms with E-state index >= 15 is 0 Å². The maximum absolute atomic E-state index is 13.7. The van der Waals surface area contributed by atoms with Crippen molar-refractivity contribution in [1.82, 2.24) is 20.0 Å². The van der Waals surface area contributed by atoms with Crippen LogP contribution in [0.1, 0.15) is 74.1 Å². The zero-order valence-electron chi connectivity index (χ0n) is 19.1. The first-order valence-corrected chi connectivity index (χ1v) is 11.9. The van der Waals surface area contributed by atoms with E-state index in [1.165, 1.54) is 12.1 Å². The number of likely N-dealkylation sites (tertiary alicyclic amines) is 1. The van der Waals surface area contributed by atoms with Gasteiger partial charge in [-0.25, -0.2) is 9.07 Å². The van der Waals surface area contributed by atoms with Crippen molar-refractivity contribution in [2.24, 2.45) is 5.92 Å². The van der Waals surface area contributed by atoms with E-state index in [0.717, 1.165) is 68.3 Å². The number of aromatic nitrogens is 2. The molecule has 7 heteroatoms. The summed E-state index contributed by atoms with van der Waals surface area (Å²) in [5.74, 6) is -0.525. The Balaban J connectivity index is 1.59. The quantitative estimate of drug-likeness (QED) is 0.689. The van der Waals surface area contributed by atoms with Crippen molar-refractivity contribution in [3.8, 4) is 5.69 Å². The lowest BCUT2D eigenvalue weighted by Crippen LogP contribution is -2.49. The van der Waals surface area contributed by atoms with Crippen LogP contribution >= 0.6 is 0 Å². The van der Waals surface area contributed by atoms with Crippen LogP contribution in [0.5, 0.6) is 0 Å². The van der Waals surface area contributed by atoms with Crippen molar-refractivity contribution in [2.75, 3.05) is 13.1 Å². The molecule has 2 aromatic rings. The van der Waals surface area contributed by atoms with Crippen LogP contribution in [0, 0.1) is 11.7 Å². The normalized spacial score (nSPS) is 20.7. The van der Waals surface area contributed by atoms with Crippen LogP contribution in [0.25, 0.3) is 5.69 Å². The Labute approximate surface area is 189 Å². The molecule has 1 aromatic carbocycles. The number of hydrogen-bond donors (Lipinski definition) is 1. The van der Waals surface area contributed by atoms with Crippen LogP contribution < -0.4 is 5.32 Å². The van der Waals surface area contributed by atoms with Crippen molar-refractivity contribution >= 4 is 11.8 Å². The van der Waals surface area contributed by atoms with Gasteiger partial charge in [0.2, 0.25) is 5.91 Å². The van der Waals surface area contributed by atoms with E-state index in [-0.39, 0.29) is 29.6 Å². The highest BCUT2D eigenvalue weighted by molar-refractivity contribution is 5.95. The summed E-state index contributed by atoms with van der Waals surface area (Å²) in [6.45, 7) is 5.26. The van der Waals surface area contributed by atoms with Crippen LogP contribution in [0.4, 0.5) is 4.39 Å². The lowest BCUT2D eigenvalue weighted by molar-refractivity contribution is -0.126. The third-order valence-electron chi connectivity index (χ3n) is 6.80. The number of amides is 2. The smallest absolute Gasteiger partial charge is 0.274 e. The van der Waals surface area contributed by atoms with Crippen molar-refractivity contribution in [2.45, 2.75) is 71.3 Å². The summed E-state index contributed by atoms with van der Waals surface area (Å²) >= 11 is 0. The van der Waals surface area contributed by atoms with Gasteiger partial charge in [-0.05, 0) is 76.1 Å². The van der Waals surface area contributed by atoms with E-state index in [1.807, 2.05) is 16.5 Å². The maximum atomic E-state index is 13.7. The SMILES string of the molecule is CCCCNC(=O)C1CCC(C)N(C(=O)c2nn(-c3ccc(F)cc3)c3c2CCCC3)C1. The largest absolute Gasteiger partial charge is 0.356 e. The van der Waals surface area contributed by atoms with E-state index in [9.17, 15) is 14.0 Å². The number of unbranched alkanes of at least 4 members (excludes halogenated alkanes) is 1. The van der Waals surface area contributed by atoms with Gasteiger partial charge < -0.3 is 10.2 Å². The molecule has 6 nitrogen and oxygen atoms in total. The molecule has 1 aliphatic heterocycles. The number of fused-ring (bicyclic) bond motifs is 1. The Bertz CT molecular complexity index is 969. The zero-order chi connectivity index (χ0) is 22.7. The molecule has 1 aromatic heterocycles. The molecular weight excluding hydrogens is 407 g/mol. The molecule has 172 valence electrons. The third kappa shape index (κ3) is 4.57. The molecule has 0 spiro atoms. The van der Waals surface area contributed by atoms with E-state index in [1.54, 1.807) is 12.1 Å². The zero-order valence-corrected chi connectivity index (χ0v) is 19.1. The predicted octanol–water partition coefficient (Wildman–Crippen LogP) is 4.05. The van der Waals surface area contributed by atoms with Gasteiger partial charge in [-0.3, -0.25) is 9.59 Å². The molecule has 1 saturated heterocycles. The van der Waals surface area contributed by atoms with Crippen molar-refractivity contribution in [3.05, 3.63) is 47.0 Å². The lowest BCUT2D eigenvalue weighted by atomic mass is 9.91. The van der Waals surface area contributed by atoms with E-state index in [0.29, 0.717) is 18.8 Å². The predicted molar refractivity (Wildman–Crippen MR) is 121 cm³/mol. The summed E-state index contributed by atoms with van der Waals surface area (Å²) in [4.78, 5) is 28.1. The Morgan fingerprint density at radius 1 is 1.16 bits per heavy atom. The molecule has 1 fully saturated rings. The molecule has 4 rings (SSSR count). The fourth-order valence-corrected chi connectivity index (χ4v) is 4.84. The Hall–Kier alpha value is -2.70. The monoisotopic (exact) mass is 440 g/mol. The second-order valence-electron chi connectivity index (χ2n) is 9.09. The van der Waals surface area contributed by atoms with Gasteiger partial charge in [0, 0.05) is 30.4 Å². The number of hydrogen-bond acceptors (Lipinski definition) is 3. The highest BCUT2D eigenvalue weighted by atomic mass is 19.1. The molecular formula is C25H33FN4O2. The minimum Gasteiger partial charge on any atom is -0.356 e. The van der Waals surface area contributed by atoms with Gasteiger partial charge in [-0.1, -0.05) is 13.3 Å². The van der Waals surface area contributed by atoms with Gasteiger partial charge in [-0.2, -0.15) is 5.10 Å². The summed E-state index contributed by atoms with van der Waals surface area (Å²) in [5.41, 5.74) is 3.31. The van der Waals surface area contributed by atoms with E-state index < -0.39 is 0 Å². The van der Waals surface area contributed by atoms with Crippen LogP contribution in [0.15, 0.2) is 24.3 Å². The standard InChI is InChI=1S/C25H33FN4O2/c1-3-4-15-27-24(31)18-10-9-17(2)29(16-18)25(32)23-21-7-5-6-8-22(21)30(28-23)20-13-11-19(26)12-14-20/h11-14,17-18H,3-10,15-16H2,1-2H3,(H,27,31). The number of nitrogens with zero attached hydrogens (tertiary/aromatic N) is 3. The average molecular weight is 441 g/mol. The number of carbonyl (C=O) groups is 2. The van der Waals surface area contributed by atoms with Crippen LogP contribution in [-0.4, -0.2) is 45.6 Å². The molecule has 2 aliphatic rings. The molecule has 2 unspecified atom stereocenters. The molecule has 2 atom stereocenters. The number of halogens is 1. The van der Waals surface area contributed by atoms with Gasteiger partial charge in [0.1, 0.15) is 5.82 Å². The Morgan fingerprint density at radius 2 is 1.91 bits per heavy atom. The van der Waals surface area contributed by atoms with Gasteiger partial charge in [-0.15, -0.1) is 0 Å². The topological polar surface area (TPSA) is 67.2 Å². The van der Waals surface area contributed by atoms with Crippen LogP contribution in [0.2, 0.25) is 0 Å². The second-order valence-corrected chi connectivity index (χ2v) is 9.09. The second kappa shape index (κ2) is 9.84. The molecule has 2 heterocycles. The molecule has 32 heavy (non-hydrogen) atoms. The van der Waals surface area contributed by atoms with E-state index in [2.05, 4.69) is 12.2 Å². The summed E-state index contributed by atoms with van der Waals surface area (Å²) in [7, 11) is 0. The first kappa shape index (κ1) is 22.5. The number of carbonyl (C=O) groups excluding carboxylic acids is 2. The van der Waals surface area contributed by atoms with Gasteiger partial charge in [0.25, 0.3) is 5.91 Å². The van der Waals surface area contributed by atoms with Crippen LogP contribution in [0.3, 0.4) is 0 Å². The van der Waals surface area contributed by atoms with Crippen molar-refractivity contribution < 1.29 is 14.0 Å². The number of rotatable bonds is 6.